The fourth-order valence-corrected chi connectivity index (χ4v) is 4.76. The van der Waals surface area contributed by atoms with Gasteiger partial charge >= 0.3 is 5.97 Å². The van der Waals surface area contributed by atoms with Crippen LogP contribution in [-0.4, -0.2) is 43.0 Å². The molecule has 1 N–H and O–H groups in total. The van der Waals surface area contributed by atoms with Gasteiger partial charge in [0.1, 0.15) is 0 Å². The lowest BCUT2D eigenvalue weighted by atomic mass is 9.81. The van der Waals surface area contributed by atoms with Gasteiger partial charge in [-0.25, -0.2) is 0 Å². The normalized spacial score (nSPS) is 18.0. The maximum absolute atomic E-state index is 12.8. The summed E-state index contributed by atoms with van der Waals surface area (Å²) in [4.78, 5) is 26.5. The second kappa shape index (κ2) is 13.3. The number of esters is 1. The van der Waals surface area contributed by atoms with Crippen molar-refractivity contribution < 1.29 is 14.3 Å². The van der Waals surface area contributed by atoms with Crippen molar-refractivity contribution in [2.45, 2.75) is 77.8 Å². The summed E-state index contributed by atoms with van der Waals surface area (Å²) in [7, 11) is 1.92. The van der Waals surface area contributed by atoms with Crippen LogP contribution in [0, 0.1) is 5.41 Å². The molecule has 0 heterocycles. The van der Waals surface area contributed by atoms with Gasteiger partial charge in [-0.15, -0.1) is 0 Å². The highest BCUT2D eigenvalue weighted by molar-refractivity contribution is 6.30. The Morgan fingerprint density at radius 3 is 2.22 bits per heavy atom. The molecule has 1 amide bonds. The minimum Gasteiger partial charge on any atom is -0.465 e. The van der Waals surface area contributed by atoms with Gasteiger partial charge in [0.05, 0.1) is 12.0 Å². The molecule has 3 rings (SSSR count). The number of nitrogens with one attached hydrogen (secondary N) is 1. The summed E-state index contributed by atoms with van der Waals surface area (Å²) in [5.41, 5.74) is 2.93. The van der Waals surface area contributed by atoms with Gasteiger partial charge in [-0.3, -0.25) is 9.59 Å². The number of hydrogen-bond donors (Lipinski definition) is 1. The number of carbonyl (C=O) groups is 2. The van der Waals surface area contributed by atoms with Crippen LogP contribution in [0.2, 0.25) is 5.02 Å². The van der Waals surface area contributed by atoms with E-state index in [0.29, 0.717) is 23.1 Å². The van der Waals surface area contributed by atoms with E-state index in [4.69, 9.17) is 16.3 Å². The quantitative estimate of drug-likeness (QED) is 0.288. The monoisotopic (exact) mass is 512 g/mol. The van der Waals surface area contributed by atoms with Crippen molar-refractivity contribution in [3.05, 3.63) is 70.2 Å². The SMILES string of the molecule is CN(C(=O)c1ccc(Cl)cc1)C1CCC(c2ccc(CNCCCCOC(=O)C(C)(C)C)cc2)CC1. The number of hydrogen-bond acceptors (Lipinski definition) is 4. The van der Waals surface area contributed by atoms with Gasteiger partial charge in [0.25, 0.3) is 5.91 Å². The summed E-state index contributed by atoms with van der Waals surface area (Å²) >= 11 is 5.95. The molecule has 0 spiro atoms. The van der Waals surface area contributed by atoms with Gasteiger partial charge in [-0.2, -0.15) is 0 Å². The zero-order chi connectivity index (χ0) is 26.1. The molecule has 0 aromatic heterocycles. The zero-order valence-electron chi connectivity index (χ0n) is 22.2. The van der Waals surface area contributed by atoms with Crippen molar-refractivity contribution in [1.82, 2.24) is 10.2 Å². The van der Waals surface area contributed by atoms with Crippen LogP contribution in [0.3, 0.4) is 0 Å². The third-order valence-corrected chi connectivity index (χ3v) is 7.28. The first kappa shape index (κ1) is 28.2. The van der Waals surface area contributed by atoms with Gasteiger partial charge < -0.3 is 15.0 Å². The van der Waals surface area contributed by atoms with E-state index >= 15 is 0 Å². The predicted molar refractivity (Wildman–Crippen MR) is 146 cm³/mol. The second-order valence-corrected chi connectivity index (χ2v) is 11.4. The molecule has 2 aromatic rings. The van der Waals surface area contributed by atoms with Crippen LogP contribution in [0.5, 0.6) is 0 Å². The van der Waals surface area contributed by atoms with Crippen molar-refractivity contribution in [2.24, 2.45) is 5.41 Å². The number of amides is 1. The smallest absolute Gasteiger partial charge is 0.311 e. The van der Waals surface area contributed by atoms with Crippen LogP contribution in [0.4, 0.5) is 0 Å². The first-order valence-corrected chi connectivity index (χ1v) is 13.5. The molecule has 2 aromatic carbocycles. The molecule has 0 radical (unpaired) electrons. The molecule has 5 nitrogen and oxygen atoms in total. The summed E-state index contributed by atoms with van der Waals surface area (Å²) in [6, 6.07) is 16.4. The number of carbonyl (C=O) groups excluding carboxylic acids is 2. The van der Waals surface area contributed by atoms with Gasteiger partial charge in [0.15, 0.2) is 0 Å². The number of benzene rings is 2. The van der Waals surface area contributed by atoms with Crippen LogP contribution in [-0.2, 0) is 16.1 Å². The number of rotatable bonds is 10. The standard InChI is InChI=1S/C30H41ClN2O3/c1-30(2,3)29(35)36-20-6-5-19-32-21-22-7-9-23(10-8-22)24-13-17-27(18-14-24)33(4)28(34)25-11-15-26(31)16-12-25/h7-12,15-16,24,27,32H,5-6,13-14,17-21H2,1-4H3. The maximum atomic E-state index is 12.8. The third-order valence-electron chi connectivity index (χ3n) is 7.03. The average Bonchev–Trinajstić information content (AvgIpc) is 2.87. The van der Waals surface area contributed by atoms with Crippen LogP contribution < -0.4 is 5.32 Å². The molecular formula is C30H41ClN2O3. The largest absolute Gasteiger partial charge is 0.465 e. The lowest BCUT2D eigenvalue weighted by molar-refractivity contribution is -0.153. The number of unbranched alkanes of at least 4 members (excludes halogenated alkanes) is 1. The van der Waals surface area contributed by atoms with E-state index in [2.05, 4.69) is 29.6 Å². The molecule has 0 aliphatic heterocycles. The van der Waals surface area contributed by atoms with Crippen LogP contribution in [0.1, 0.15) is 86.7 Å². The highest BCUT2D eigenvalue weighted by atomic mass is 35.5. The molecule has 1 aliphatic carbocycles. The van der Waals surface area contributed by atoms with Gasteiger partial charge in [-0.05, 0) is 107 Å². The Kier molecular flexibility index (Phi) is 10.4. The van der Waals surface area contributed by atoms with Crippen molar-refractivity contribution >= 4 is 23.5 Å². The van der Waals surface area contributed by atoms with E-state index in [1.165, 1.54) is 11.1 Å². The summed E-state index contributed by atoms with van der Waals surface area (Å²) in [5, 5.41) is 4.12. The molecule has 1 aliphatic rings. The fraction of sp³-hybridized carbons (Fsp3) is 0.533. The summed E-state index contributed by atoms with van der Waals surface area (Å²) in [6.07, 6.45) is 6.09. The average molecular weight is 513 g/mol. The van der Waals surface area contributed by atoms with Gasteiger partial charge in [0, 0.05) is 30.2 Å². The Balaban J connectivity index is 1.35. The molecule has 6 heteroatoms. The minimum absolute atomic E-state index is 0.0675. The molecule has 0 bridgehead atoms. The lowest BCUT2D eigenvalue weighted by Crippen LogP contribution is -2.39. The minimum atomic E-state index is -0.433. The van der Waals surface area contributed by atoms with E-state index in [9.17, 15) is 9.59 Å². The zero-order valence-corrected chi connectivity index (χ0v) is 22.9. The summed E-state index contributed by atoms with van der Waals surface area (Å²) in [5.74, 6) is 0.485. The van der Waals surface area contributed by atoms with Crippen LogP contribution in [0.25, 0.3) is 0 Å². The van der Waals surface area contributed by atoms with E-state index in [-0.39, 0.29) is 17.9 Å². The van der Waals surface area contributed by atoms with E-state index in [1.807, 2.05) is 32.7 Å². The van der Waals surface area contributed by atoms with Crippen LogP contribution >= 0.6 is 11.6 Å². The Labute approximate surface area is 221 Å². The maximum Gasteiger partial charge on any atom is 0.311 e. The van der Waals surface area contributed by atoms with Crippen molar-refractivity contribution in [3.8, 4) is 0 Å². The molecule has 0 saturated heterocycles. The number of ether oxygens (including phenoxy) is 1. The summed E-state index contributed by atoms with van der Waals surface area (Å²) in [6.45, 7) is 7.85. The first-order chi connectivity index (χ1) is 17.1. The van der Waals surface area contributed by atoms with Gasteiger partial charge in [-0.1, -0.05) is 35.9 Å². The Morgan fingerprint density at radius 1 is 0.972 bits per heavy atom. The van der Waals surface area contributed by atoms with Crippen molar-refractivity contribution in [2.75, 3.05) is 20.2 Å². The van der Waals surface area contributed by atoms with Crippen molar-refractivity contribution in [3.63, 3.8) is 0 Å². The molecule has 0 atom stereocenters. The Morgan fingerprint density at radius 2 is 1.61 bits per heavy atom. The Hall–Kier alpha value is -2.37. The Bertz CT molecular complexity index is 975. The van der Waals surface area contributed by atoms with E-state index in [0.717, 1.165) is 51.6 Å². The third kappa shape index (κ3) is 8.35. The predicted octanol–water partition coefficient (Wildman–Crippen LogP) is 6.60. The molecule has 196 valence electrons. The fourth-order valence-electron chi connectivity index (χ4n) is 4.63. The summed E-state index contributed by atoms with van der Waals surface area (Å²) < 4.78 is 5.31. The molecule has 1 fully saturated rings. The van der Waals surface area contributed by atoms with Crippen LogP contribution in [0.15, 0.2) is 48.5 Å². The molecule has 1 saturated carbocycles. The topological polar surface area (TPSA) is 58.6 Å². The second-order valence-electron chi connectivity index (χ2n) is 10.9. The molecule has 36 heavy (non-hydrogen) atoms. The van der Waals surface area contributed by atoms with Crippen molar-refractivity contribution in [1.29, 1.82) is 0 Å². The van der Waals surface area contributed by atoms with E-state index < -0.39 is 5.41 Å². The first-order valence-electron chi connectivity index (χ1n) is 13.1. The highest BCUT2D eigenvalue weighted by Crippen LogP contribution is 2.35. The number of halogens is 1. The molecule has 0 unspecified atom stereocenters. The molecular weight excluding hydrogens is 472 g/mol. The number of nitrogens with zero attached hydrogens (tertiary/aromatic N) is 1. The highest BCUT2D eigenvalue weighted by Gasteiger charge is 2.28. The van der Waals surface area contributed by atoms with Gasteiger partial charge in [0.2, 0.25) is 0 Å². The van der Waals surface area contributed by atoms with E-state index in [1.54, 1.807) is 24.3 Å². The lowest BCUT2D eigenvalue weighted by Gasteiger charge is -2.35.